The first-order valence-electron chi connectivity index (χ1n) is 19.3. The lowest BCUT2D eigenvalue weighted by Crippen LogP contribution is -2.38. The number of aliphatic carboxylic acids is 4. The third-order valence-corrected chi connectivity index (χ3v) is 11.0. The van der Waals surface area contributed by atoms with Gasteiger partial charge in [0.15, 0.2) is 5.78 Å². The van der Waals surface area contributed by atoms with Crippen LogP contribution >= 0.6 is 0 Å². The predicted molar refractivity (Wildman–Crippen MR) is 212 cm³/mol. The molecule has 14 nitrogen and oxygen atoms in total. The molecule has 2 atom stereocenters. The summed E-state index contributed by atoms with van der Waals surface area (Å²) < 4.78 is 0. The van der Waals surface area contributed by atoms with Gasteiger partial charge in [0.05, 0.1) is 18.8 Å². The fourth-order valence-corrected chi connectivity index (χ4v) is 7.37. The number of ketones is 1. The van der Waals surface area contributed by atoms with E-state index >= 15 is 0 Å². The highest BCUT2D eigenvalue weighted by atomic mass is 16.4. The Morgan fingerprint density at radius 3 is 1.91 bits per heavy atom. The lowest BCUT2D eigenvalue weighted by molar-refractivity contribution is -0.148. The number of hydrogen-bond donors (Lipinski definition) is 6. The molecule has 2 heterocycles. The number of pyridine rings is 2. The molecule has 14 heteroatoms. The molecule has 58 heavy (non-hydrogen) atoms. The van der Waals surface area contributed by atoms with Crippen molar-refractivity contribution in [2.45, 2.75) is 96.1 Å². The van der Waals surface area contributed by atoms with Crippen LogP contribution in [-0.4, -0.2) is 72.0 Å². The molecule has 2 fully saturated rings. The zero-order valence-corrected chi connectivity index (χ0v) is 32.3. The number of Topliss-reactive ketones (excluding diaryl/α,β-unsaturated/α-hetero) is 1. The molecular weight excluding hydrogens is 745 g/mol. The fourth-order valence-electron chi connectivity index (χ4n) is 7.37. The number of anilines is 1. The Morgan fingerprint density at radius 2 is 1.29 bits per heavy atom. The molecule has 1 amide bonds. The average Bonchev–Trinajstić information content (AvgIpc) is 4.11. The van der Waals surface area contributed by atoms with Gasteiger partial charge in [-0.3, -0.25) is 44.1 Å². The van der Waals surface area contributed by atoms with Crippen molar-refractivity contribution in [1.82, 2.24) is 15.3 Å². The highest BCUT2D eigenvalue weighted by Crippen LogP contribution is 2.43. The minimum atomic E-state index is -1.26. The van der Waals surface area contributed by atoms with Crippen LogP contribution in [0.15, 0.2) is 60.9 Å². The maximum atomic E-state index is 13.7. The molecule has 302 valence electrons. The molecular formula is C44H46N4O10. The van der Waals surface area contributed by atoms with E-state index in [-0.39, 0.29) is 42.7 Å². The molecule has 0 bridgehead atoms. The van der Waals surface area contributed by atoms with E-state index in [1.165, 1.54) is 0 Å². The second-order valence-corrected chi connectivity index (χ2v) is 15.2. The van der Waals surface area contributed by atoms with Crippen LogP contribution in [0.25, 0.3) is 11.1 Å². The van der Waals surface area contributed by atoms with Crippen molar-refractivity contribution in [2.24, 2.45) is 5.92 Å². The largest absolute Gasteiger partial charge is 0.481 e. The molecule has 0 aliphatic heterocycles. The highest BCUT2D eigenvalue weighted by molar-refractivity contribution is 6.04. The van der Waals surface area contributed by atoms with Crippen molar-refractivity contribution in [1.29, 1.82) is 0 Å². The van der Waals surface area contributed by atoms with Gasteiger partial charge in [-0.15, -0.1) is 0 Å². The summed E-state index contributed by atoms with van der Waals surface area (Å²) in [6.45, 7) is 3.96. The number of carboxylic acid groups (broad SMARTS) is 4. The van der Waals surface area contributed by atoms with Gasteiger partial charge in [-0.2, -0.15) is 0 Å². The summed E-state index contributed by atoms with van der Waals surface area (Å²) in [5.74, 6) is -5.95. The first kappa shape index (κ1) is 41.4. The van der Waals surface area contributed by atoms with Crippen LogP contribution in [0.5, 0.6) is 0 Å². The molecule has 0 saturated heterocycles. The molecule has 2 aromatic carbocycles. The summed E-state index contributed by atoms with van der Waals surface area (Å²) in [4.78, 5) is 81.6. The van der Waals surface area contributed by atoms with Gasteiger partial charge in [-0.25, -0.2) is 0 Å². The lowest BCUT2D eigenvalue weighted by Gasteiger charge is -2.17. The van der Waals surface area contributed by atoms with Gasteiger partial charge < -0.3 is 25.7 Å². The standard InChI is InChI=1S/C44H46N4O10/c1-23-27(15-39(49)36-17-34(26-11-12-26)30(21-45-36)22-47-38(44(57)58)19-41(52)53)5-3-6-31(23)32-7-4-8-35(24(32)2)48-42(54)37-18-33(25-9-10-25)29(20-46-37)14-13-28(43(55)56)16-40(50)51/h3-8,17-18,20-21,25-26,28,38,47H,9-16,19,22H2,1-2H3,(H,48,54)(H,50,51)(H,52,53)(H,55,56)(H,57,58)/t28-,38-/m1/s1. The summed E-state index contributed by atoms with van der Waals surface area (Å²) in [6, 6.07) is 13.6. The number of aryl methyl sites for hydroxylation is 1. The van der Waals surface area contributed by atoms with Crippen molar-refractivity contribution in [3.05, 3.63) is 111 Å². The smallest absolute Gasteiger partial charge is 0.321 e. The number of carboxylic acids is 4. The number of nitrogens with one attached hydrogen (secondary N) is 2. The quantitative estimate of drug-likeness (QED) is 0.0539. The van der Waals surface area contributed by atoms with Gasteiger partial charge in [0.25, 0.3) is 5.91 Å². The van der Waals surface area contributed by atoms with Crippen LogP contribution < -0.4 is 10.6 Å². The predicted octanol–water partition coefficient (Wildman–Crippen LogP) is 6.32. The Kier molecular flexibility index (Phi) is 12.8. The maximum absolute atomic E-state index is 13.7. The monoisotopic (exact) mass is 790 g/mol. The second kappa shape index (κ2) is 17.9. The van der Waals surface area contributed by atoms with E-state index in [0.29, 0.717) is 17.8 Å². The molecule has 6 N–H and O–H groups in total. The average molecular weight is 791 g/mol. The number of carbonyl (C=O) groups is 6. The fraction of sp³-hybridized carbons (Fsp3) is 0.364. The third-order valence-electron chi connectivity index (χ3n) is 11.0. The van der Waals surface area contributed by atoms with E-state index < -0.39 is 54.6 Å². The second-order valence-electron chi connectivity index (χ2n) is 15.2. The van der Waals surface area contributed by atoms with Crippen molar-refractivity contribution >= 4 is 41.3 Å². The van der Waals surface area contributed by atoms with Gasteiger partial charge in [-0.1, -0.05) is 30.3 Å². The minimum Gasteiger partial charge on any atom is -0.481 e. The number of carbonyl (C=O) groups excluding carboxylic acids is 2. The van der Waals surface area contributed by atoms with Crippen molar-refractivity contribution in [2.75, 3.05) is 5.32 Å². The van der Waals surface area contributed by atoms with Crippen LogP contribution in [-0.2, 0) is 38.6 Å². The first-order chi connectivity index (χ1) is 27.7. The number of nitrogens with zero attached hydrogens (tertiary/aromatic N) is 2. The number of benzene rings is 2. The van der Waals surface area contributed by atoms with E-state index in [0.717, 1.165) is 75.8 Å². The van der Waals surface area contributed by atoms with E-state index in [1.54, 1.807) is 30.6 Å². The SMILES string of the molecule is Cc1c(CC(=O)c2cc(C3CC3)c(CN[C@H](CC(=O)O)C(=O)O)cn2)cccc1-c1cccc(NC(=O)c2cc(C3CC3)c(CC[C@H](CC(=O)O)C(=O)O)cn2)c1C. The zero-order valence-electron chi connectivity index (χ0n) is 32.3. The summed E-state index contributed by atoms with van der Waals surface area (Å²) in [5, 5.41) is 42.9. The van der Waals surface area contributed by atoms with Gasteiger partial charge in [0.1, 0.15) is 17.4 Å². The van der Waals surface area contributed by atoms with Crippen LogP contribution in [0.4, 0.5) is 5.69 Å². The number of hydrogen-bond acceptors (Lipinski definition) is 9. The molecule has 2 aliphatic rings. The molecule has 6 rings (SSSR count). The Balaban J connectivity index is 1.16. The first-order valence-corrected chi connectivity index (χ1v) is 19.3. The normalized spacial score (nSPS) is 14.7. The Labute approximate surface area is 334 Å². The Morgan fingerprint density at radius 1 is 0.707 bits per heavy atom. The minimum absolute atomic E-state index is 0.0884. The van der Waals surface area contributed by atoms with Gasteiger partial charge in [0, 0.05) is 31.0 Å². The summed E-state index contributed by atoms with van der Waals surface area (Å²) in [6.07, 6.45) is 6.45. The Bertz CT molecular complexity index is 2120. The van der Waals surface area contributed by atoms with E-state index in [1.807, 2.05) is 44.2 Å². The van der Waals surface area contributed by atoms with Gasteiger partial charge in [0.2, 0.25) is 0 Å². The maximum Gasteiger partial charge on any atom is 0.321 e. The van der Waals surface area contributed by atoms with Gasteiger partial charge in [-0.05, 0) is 132 Å². The zero-order chi connectivity index (χ0) is 41.7. The third kappa shape index (κ3) is 10.2. The van der Waals surface area contributed by atoms with Crippen molar-refractivity contribution < 1.29 is 49.2 Å². The van der Waals surface area contributed by atoms with Crippen LogP contribution in [0.1, 0.15) is 117 Å². The number of aromatic nitrogens is 2. The highest BCUT2D eigenvalue weighted by Gasteiger charge is 2.30. The van der Waals surface area contributed by atoms with E-state index in [9.17, 15) is 39.0 Å². The van der Waals surface area contributed by atoms with Crippen LogP contribution in [0, 0.1) is 19.8 Å². The molecule has 0 spiro atoms. The molecule has 2 aromatic heterocycles. The molecule has 0 radical (unpaired) electrons. The number of amides is 1. The van der Waals surface area contributed by atoms with Crippen LogP contribution in [0.3, 0.4) is 0 Å². The molecule has 2 saturated carbocycles. The lowest BCUT2D eigenvalue weighted by atomic mass is 9.90. The molecule has 0 unspecified atom stereocenters. The van der Waals surface area contributed by atoms with E-state index in [2.05, 4.69) is 20.6 Å². The molecule has 2 aliphatic carbocycles. The van der Waals surface area contributed by atoms with E-state index in [4.69, 9.17) is 10.2 Å². The summed E-state index contributed by atoms with van der Waals surface area (Å²) in [5.41, 5.74) is 8.76. The van der Waals surface area contributed by atoms with Gasteiger partial charge >= 0.3 is 23.9 Å². The van der Waals surface area contributed by atoms with Crippen molar-refractivity contribution in [3.63, 3.8) is 0 Å². The van der Waals surface area contributed by atoms with Crippen molar-refractivity contribution in [3.8, 4) is 11.1 Å². The summed E-state index contributed by atoms with van der Waals surface area (Å²) >= 11 is 0. The summed E-state index contributed by atoms with van der Waals surface area (Å²) in [7, 11) is 0. The Hall–Kier alpha value is -6.28. The van der Waals surface area contributed by atoms with Crippen LogP contribution in [0.2, 0.25) is 0 Å². The molecule has 4 aromatic rings. The number of rotatable bonds is 20. The topological polar surface area (TPSA) is 233 Å².